The molecule has 3 aromatic heterocycles. The molecule has 0 aliphatic carbocycles. The van der Waals surface area contributed by atoms with E-state index in [2.05, 4.69) is 43.0 Å². The van der Waals surface area contributed by atoms with Crippen molar-refractivity contribution >= 4 is 34.0 Å². The number of carbonyl (C=O) groups is 1. The van der Waals surface area contributed by atoms with Crippen molar-refractivity contribution in [2.45, 2.75) is 12.5 Å². The van der Waals surface area contributed by atoms with Gasteiger partial charge in [0.05, 0.1) is 16.1 Å². The minimum Gasteiger partial charge on any atom is -0.353 e. The lowest BCUT2D eigenvalue weighted by molar-refractivity contribution is 0.0936. The normalized spacial score (nSPS) is 16.8. The zero-order valence-corrected chi connectivity index (χ0v) is 16.2. The fourth-order valence-electron chi connectivity index (χ4n) is 3.75. The maximum Gasteiger partial charge on any atom is 0.272 e. The van der Waals surface area contributed by atoms with Crippen LogP contribution in [0, 0.1) is 0 Å². The maximum atomic E-state index is 12.8. The number of aromatic amines is 1. The van der Waals surface area contributed by atoms with Gasteiger partial charge in [-0.15, -0.1) is 11.3 Å². The molecule has 8 heteroatoms. The highest BCUT2D eigenvalue weighted by Gasteiger charge is 2.27. The lowest BCUT2D eigenvalue weighted by Crippen LogP contribution is -2.37. The van der Waals surface area contributed by atoms with Crippen molar-refractivity contribution in [3.05, 3.63) is 53.5 Å². The molecule has 0 saturated carbocycles. The Balaban J connectivity index is 1.28. The third kappa shape index (κ3) is 2.95. The molecule has 1 atom stereocenters. The maximum absolute atomic E-state index is 12.8. The number of carbonyl (C=O) groups excluding carboxylic acids is 1. The van der Waals surface area contributed by atoms with E-state index in [1.165, 1.54) is 4.88 Å². The second kappa shape index (κ2) is 6.79. The minimum absolute atomic E-state index is 0.0788. The highest BCUT2D eigenvalue weighted by Crippen LogP contribution is 2.27. The number of nitrogens with zero attached hydrogens (tertiary/aromatic N) is 4. The van der Waals surface area contributed by atoms with Gasteiger partial charge in [-0.05, 0) is 23.9 Å². The SMILES string of the molecule is Cn1nc(C(=O)N[C@H]2CCN(c3cc(-c4cccs4)[nH]n3)C2)c2ccccc21. The Morgan fingerprint density at radius 3 is 3.04 bits per heavy atom. The number of aryl methyl sites for hydroxylation is 1. The number of hydrogen-bond donors (Lipinski definition) is 2. The van der Waals surface area contributed by atoms with Gasteiger partial charge in [-0.3, -0.25) is 14.6 Å². The lowest BCUT2D eigenvalue weighted by atomic mass is 10.2. The van der Waals surface area contributed by atoms with Crippen molar-refractivity contribution in [1.82, 2.24) is 25.3 Å². The van der Waals surface area contributed by atoms with Gasteiger partial charge in [0.1, 0.15) is 0 Å². The molecule has 0 bridgehead atoms. The standard InChI is InChI=1S/C20H20N6OS/c1-25-16-6-3-2-5-14(16)19(24-25)20(27)21-13-8-9-26(12-13)18-11-15(22-23-18)17-7-4-10-28-17/h2-7,10-11,13H,8-9,12H2,1H3,(H,21,27)(H,22,23)/t13-/m0/s1. The van der Waals surface area contributed by atoms with Gasteiger partial charge in [0.25, 0.3) is 5.91 Å². The number of fused-ring (bicyclic) bond motifs is 1. The quantitative estimate of drug-likeness (QED) is 0.560. The van der Waals surface area contributed by atoms with E-state index in [4.69, 9.17) is 0 Å². The Bertz CT molecular complexity index is 1130. The van der Waals surface area contributed by atoms with Crippen LogP contribution in [0.15, 0.2) is 47.8 Å². The van der Waals surface area contributed by atoms with Crippen LogP contribution in [0.2, 0.25) is 0 Å². The zero-order valence-electron chi connectivity index (χ0n) is 15.4. The summed E-state index contributed by atoms with van der Waals surface area (Å²) in [4.78, 5) is 16.2. The third-order valence-corrected chi connectivity index (χ3v) is 6.07. The third-order valence-electron chi connectivity index (χ3n) is 5.17. The molecule has 1 saturated heterocycles. The van der Waals surface area contributed by atoms with Crippen molar-refractivity contribution in [3.8, 4) is 10.6 Å². The van der Waals surface area contributed by atoms with E-state index < -0.39 is 0 Å². The zero-order chi connectivity index (χ0) is 19.1. The summed E-state index contributed by atoms with van der Waals surface area (Å²) in [7, 11) is 1.86. The fraction of sp³-hybridized carbons (Fsp3) is 0.250. The van der Waals surface area contributed by atoms with E-state index >= 15 is 0 Å². The summed E-state index contributed by atoms with van der Waals surface area (Å²) < 4.78 is 1.75. The van der Waals surface area contributed by atoms with Crippen LogP contribution in [0.4, 0.5) is 5.82 Å². The number of rotatable bonds is 4. The molecule has 4 heterocycles. The van der Waals surface area contributed by atoms with Crippen molar-refractivity contribution in [2.75, 3.05) is 18.0 Å². The van der Waals surface area contributed by atoms with Crippen LogP contribution in [0.1, 0.15) is 16.9 Å². The summed E-state index contributed by atoms with van der Waals surface area (Å²) >= 11 is 1.69. The Hall–Kier alpha value is -3.13. The molecule has 142 valence electrons. The molecule has 1 amide bonds. The number of nitrogens with one attached hydrogen (secondary N) is 2. The van der Waals surface area contributed by atoms with E-state index in [1.807, 2.05) is 37.4 Å². The molecule has 1 aromatic carbocycles. The Morgan fingerprint density at radius 1 is 1.29 bits per heavy atom. The number of hydrogen-bond acceptors (Lipinski definition) is 5. The molecule has 1 aliphatic heterocycles. The Labute approximate surface area is 166 Å². The second-order valence-corrected chi connectivity index (χ2v) is 7.96. The van der Waals surface area contributed by atoms with Crippen LogP contribution in [-0.2, 0) is 7.05 Å². The van der Waals surface area contributed by atoms with Gasteiger partial charge in [-0.2, -0.15) is 10.2 Å². The number of benzene rings is 1. The molecule has 7 nitrogen and oxygen atoms in total. The molecule has 1 aliphatic rings. The summed E-state index contributed by atoms with van der Waals surface area (Å²) in [6, 6.07) is 14.1. The average Bonchev–Trinajstić information content (AvgIpc) is 3.48. The number of anilines is 1. The van der Waals surface area contributed by atoms with Crippen LogP contribution >= 0.6 is 11.3 Å². The summed E-state index contributed by atoms with van der Waals surface area (Å²) in [6.07, 6.45) is 0.887. The van der Waals surface area contributed by atoms with Crippen LogP contribution in [0.5, 0.6) is 0 Å². The largest absolute Gasteiger partial charge is 0.353 e. The number of aromatic nitrogens is 4. The Kier molecular flexibility index (Phi) is 4.12. The van der Waals surface area contributed by atoms with Crippen molar-refractivity contribution in [2.24, 2.45) is 7.05 Å². The second-order valence-electron chi connectivity index (χ2n) is 7.01. The number of thiophene rings is 1. The first-order valence-electron chi connectivity index (χ1n) is 9.26. The van der Waals surface area contributed by atoms with E-state index in [0.717, 1.165) is 41.9 Å². The number of amides is 1. The summed E-state index contributed by atoms with van der Waals surface area (Å²) in [6.45, 7) is 1.61. The summed E-state index contributed by atoms with van der Waals surface area (Å²) in [5, 5.41) is 18.0. The molecule has 0 unspecified atom stereocenters. The molecule has 28 heavy (non-hydrogen) atoms. The Morgan fingerprint density at radius 2 is 2.18 bits per heavy atom. The van der Waals surface area contributed by atoms with E-state index in [-0.39, 0.29) is 11.9 Å². The van der Waals surface area contributed by atoms with Crippen molar-refractivity contribution in [3.63, 3.8) is 0 Å². The molecule has 4 aromatic rings. The van der Waals surface area contributed by atoms with Gasteiger partial charge >= 0.3 is 0 Å². The smallest absolute Gasteiger partial charge is 0.272 e. The first-order valence-corrected chi connectivity index (χ1v) is 10.1. The van der Waals surface area contributed by atoms with Crippen molar-refractivity contribution < 1.29 is 4.79 Å². The van der Waals surface area contributed by atoms with E-state index in [1.54, 1.807) is 16.0 Å². The fourth-order valence-corrected chi connectivity index (χ4v) is 4.45. The topological polar surface area (TPSA) is 78.8 Å². The molecule has 0 spiro atoms. The highest BCUT2D eigenvalue weighted by atomic mass is 32.1. The average molecular weight is 392 g/mol. The van der Waals surface area contributed by atoms with Crippen LogP contribution in [0.25, 0.3) is 21.5 Å². The first-order chi connectivity index (χ1) is 13.7. The monoisotopic (exact) mass is 392 g/mol. The van der Waals surface area contributed by atoms with E-state index in [9.17, 15) is 4.79 Å². The number of para-hydroxylation sites is 1. The summed E-state index contributed by atoms with van der Waals surface area (Å²) in [5.74, 6) is 0.799. The molecular weight excluding hydrogens is 372 g/mol. The van der Waals surface area contributed by atoms with Crippen LogP contribution in [0.3, 0.4) is 0 Å². The van der Waals surface area contributed by atoms with Gasteiger partial charge in [0.15, 0.2) is 11.5 Å². The predicted octanol–water partition coefficient (Wildman–Crippen LogP) is 3.03. The van der Waals surface area contributed by atoms with Crippen LogP contribution in [-0.4, -0.2) is 45.0 Å². The first kappa shape index (κ1) is 17.0. The van der Waals surface area contributed by atoms with Gasteiger partial charge in [0, 0.05) is 37.6 Å². The molecule has 2 N–H and O–H groups in total. The lowest BCUT2D eigenvalue weighted by Gasteiger charge is -2.15. The predicted molar refractivity (Wildman–Crippen MR) is 111 cm³/mol. The highest BCUT2D eigenvalue weighted by molar-refractivity contribution is 7.13. The van der Waals surface area contributed by atoms with Gasteiger partial charge < -0.3 is 10.2 Å². The number of H-pyrrole nitrogens is 1. The van der Waals surface area contributed by atoms with Gasteiger partial charge in [0.2, 0.25) is 0 Å². The van der Waals surface area contributed by atoms with Crippen LogP contribution < -0.4 is 10.2 Å². The minimum atomic E-state index is -0.120. The molecule has 5 rings (SSSR count). The van der Waals surface area contributed by atoms with E-state index in [0.29, 0.717) is 5.69 Å². The van der Waals surface area contributed by atoms with Gasteiger partial charge in [-0.25, -0.2) is 0 Å². The molecule has 0 radical (unpaired) electrons. The van der Waals surface area contributed by atoms with Gasteiger partial charge in [-0.1, -0.05) is 24.3 Å². The molecular formula is C20H20N6OS. The summed E-state index contributed by atoms with van der Waals surface area (Å²) in [5.41, 5.74) is 2.46. The molecule has 1 fully saturated rings. The van der Waals surface area contributed by atoms with Crippen molar-refractivity contribution in [1.29, 1.82) is 0 Å².